The molecule has 1 saturated heterocycles. The van der Waals surface area contributed by atoms with Crippen molar-refractivity contribution < 1.29 is 9.59 Å². The number of nitrogens with zero attached hydrogens (tertiary/aromatic N) is 6. The lowest BCUT2D eigenvalue weighted by Gasteiger charge is -2.32. The average molecular weight is 481 g/mol. The van der Waals surface area contributed by atoms with Crippen molar-refractivity contribution in [2.24, 2.45) is 5.92 Å². The van der Waals surface area contributed by atoms with E-state index in [2.05, 4.69) is 26.8 Å². The number of nitrogen functional groups attached to an aromatic ring is 1. The first-order valence-corrected chi connectivity index (χ1v) is 11.8. The lowest BCUT2D eigenvalue weighted by Crippen LogP contribution is -2.42. The van der Waals surface area contributed by atoms with E-state index in [9.17, 15) is 9.59 Å². The van der Waals surface area contributed by atoms with Crippen LogP contribution in [0.25, 0.3) is 22.3 Å². The number of nitrogens with one attached hydrogen (secondary N) is 1. The molecular weight excluding hydrogens is 456 g/mol. The SMILES string of the molecule is C=CC(=O)N1CC2CC1C(n1nc(-c3ccc(C(=O)Nc4ccccn4)cc3)c3c(N)ncnc31)C2. The van der Waals surface area contributed by atoms with Gasteiger partial charge >= 0.3 is 0 Å². The zero-order valence-electron chi connectivity index (χ0n) is 19.4. The quantitative estimate of drug-likeness (QED) is 0.420. The summed E-state index contributed by atoms with van der Waals surface area (Å²) in [4.78, 5) is 39.8. The molecule has 0 radical (unpaired) electrons. The summed E-state index contributed by atoms with van der Waals surface area (Å²) < 4.78 is 1.90. The van der Waals surface area contributed by atoms with E-state index in [4.69, 9.17) is 10.8 Å². The molecule has 3 unspecified atom stereocenters. The summed E-state index contributed by atoms with van der Waals surface area (Å²) in [6.07, 6.45) is 6.27. The fourth-order valence-electron chi connectivity index (χ4n) is 5.46. The van der Waals surface area contributed by atoms with Crippen molar-refractivity contribution in [3.05, 3.63) is 73.2 Å². The lowest BCUT2D eigenvalue weighted by molar-refractivity contribution is -0.128. The number of rotatable bonds is 5. The molecule has 1 aliphatic carbocycles. The first-order chi connectivity index (χ1) is 17.5. The fraction of sp³-hybridized carbons (Fsp3) is 0.231. The third-order valence-corrected chi connectivity index (χ3v) is 7.07. The Morgan fingerprint density at radius 1 is 1.06 bits per heavy atom. The summed E-state index contributed by atoms with van der Waals surface area (Å²) in [5.41, 5.74) is 8.85. The van der Waals surface area contributed by atoms with Gasteiger partial charge in [0.1, 0.15) is 23.7 Å². The number of hydrogen-bond donors (Lipinski definition) is 2. The van der Waals surface area contributed by atoms with Gasteiger partial charge in [-0.25, -0.2) is 19.6 Å². The van der Waals surface area contributed by atoms with Crippen molar-refractivity contribution in [3.8, 4) is 11.3 Å². The Morgan fingerprint density at radius 2 is 1.86 bits per heavy atom. The van der Waals surface area contributed by atoms with Gasteiger partial charge in [-0.1, -0.05) is 24.8 Å². The summed E-state index contributed by atoms with van der Waals surface area (Å²) in [6, 6.07) is 12.5. The second kappa shape index (κ2) is 8.56. The standard InChI is InChI=1S/C26H24N8O2/c1-2-21(35)33-13-15-11-18(33)19(12-15)34-25-22(24(27)29-14-30-25)23(32-34)16-6-8-17(9-7-16)26(36)31-20-5-3-4-10-28-20/h2-10,14-15,18-19H,1,11-13H2,(H2,27,29,30)(H,28,31,36). The minimum atomic E-state index is -0.257. The molecule has 10 nitrogen and oxygen atoms in total. The molecule has 3 atom stereocenters. The maximum absolute atomic E-state index is 12.6. The Balaban J connectivity index is 1.35. The maximum atomic E-state index is 12.6. The average Bonchev–Trinajstić information content (AvgIpc) is 3.62. The van der Waals surface area contributed by atoms with Crippen LogP contribution < -0.4 is 11.1 Å². The summed E-state index contributed by atoms with van der Waals surface area (Å²) >= 11 is 0. The third kappa shape index (κ3) is 3.58. The molecule has 2 aliphatic rings. The van der Waals surface area contributed by atoms with Gasteiger partial charge in [-0.15, -0.1) is 0 Å². The van der Waals surface area contributed by atoms with Gasteiger partial charge in [0.15, 0.2) is 5.65 Å². The largest absolute Gasteiger partial charge is 0.383 e. The molecular formula is C26H24N8O2. The Morgan fingerprint density at radius 3 is 2.58 bits per heavy atom. The van der Waals surface area contributed by atoms with E-state index in [-0.39, 0.29) is 23.9 Å². The molecule has 6 rings (SSSR count). The number of aromatic nitrogens is 5. The second-order valence-electron chi connectivity index (χ2n) is 9.16. The van der Waals surface area contributed by atoms with Crippen molar-refractivity contribution in [2.45, 2.75) is 24.9 Å². The molecule has 10 heteroatoms. The van der Waals surface area contributed by atoms with Gasteiger partial charge in [0.25, 0.3) is 5.91 Å². The molecule has 2 amide bonds. The maximum Gasteiger partial charge on any atom is 0.256 e. The number of pyridine rings is 1. The summed E-state index contributed by atoms with van der Waals surface area (Å²) in [6.45, 7) is 4.40. The van der Waals surface area contributed by atoms with Crippen LogP contribution in [0.4, 0.5) is 11.6 Å². The number of nitrogens with two attached hydrogens (primary N) is 1. The molecule has 1 aromatic carbocycles. The molecule has 4 heterocycles. The lowest BCUT2D eigenvalue weighted by atomic mass is 10.1. The van der Waals surface area contributed by atoms with Crippen LogP contribution in [0.1, 0.15) is 29.2 Å². The monoisotopic (exact) mass is 480 g/mol. The predicted octanol–water partition coefficient (Wildman–Crippen LogP) is 3.07. The number of benzene rings is 1. The summed E-state index contributed by atoms with van der Waals surface area (Å²) in [7, 11) is 0. The van der Waals surface area contributed by atoms with Crippen LogP contribution in [0, 0.1) is 5.92 Å². The van der Waals surface area contributed by atoms with Gasteiger partial charge in [-0.3, -0.25) is 9.59 Å². The minimum Gasteiger partial charge on any atom is -0.383 e. The number of anilines is 2. The Hall–Kier alpha value is -4.60. The Kier molecular flexibility index (Phi) is 5.21. The molecule has 3 aromatic heterocycles. The zero-order chi connectivity index (χ0) is 24.8. The molecule has 180 valence electrons. The third-order valence-electron chi connectivity index (χ3n) is 7.07. The summed E-state index contributed by atoms with van der Waals surface area (Å²) in [5, 5.41) is 8.38. The number of carbonyl (C=O) groups is 2. The van der Waals surface area contributed by atoms with Crippen molar-refractivity contribution in [1.82, 2.24) is 29.6 Å². The van der Waals surface area contributed by atoms with Gasteiger partial charge in [-0.2, -0.15) is 5.10 Å². The van der Waals surface area contributed by atoms with Gasteiger partial charge in [0.2, 0.25) is 5.91 Å². The molecule has 1 saturated carbocycles. The van der Waals surface area contributed by atoms with Crippen LogP contribution in [0.5, 0.6) is 0 Å². The van der Waals surface area contributed by atoms with Crippen LogP contribution in [-0.4, -0.2) is 54.0 Å². The number of carbonyl (C=O) groups excluding carboxylic acids is 2. The highest BCUT2D eigenvalue weighted by atomic mass is 16.2. The van der Waals surface area contributed by atoms with E-state index in [0.717, 1.165) is 24.9 Å². The van der Waals surface area contributed by atoms with Gasteiger partial charge in [0, 0.05) is 23.9 Å². The normalized spacial score (nSPS) is 20.6. The topological polar surface area (TPSA) is 132 Å². The first-order valence-electron chi connectivity index (χ1n) is 11.8. The fourth-order valence-corrected chi connectivity index (χ4v) is 5.46. The first kappa shape index (κ1) is 21.9. The molecule has 2 fully saturated rings. The Labute approximate surface area is 206 Å². The van der Waals surface area contributed by atoms with Crippen LogP contribution in [-0.2, 0) is 4.79 Å². The smallest absolute Gasteiger partial charge is 0.256 e. The van der Waals surface area contributed by atoms with E-state index >= 15 is 0 Å². The van der Waals surface area contributed by atoms with E-state index in [1.807, 2.05) is 27.8 Å². The van der Waals surface area contributed by atoms with Crippen LogP contribution in [0.3, 0.4) is 0 Å². The number of likely N-dealkylation sites (tertiary alicyclic amines) is 1. The van der Waals surface area contributed by atoms with Gasteiger partial charge in [0.05, 0.1) is 17.5 Å². The van der Waals surface area contributed by atoms with Gasteiger partial charge in [-0.05, 0) is 49.1 Å². The second-order valence-corrected chi connectivity index (χ2v) is 9.16. The van der Waals surface area contributed by atoms with Crippen LogP contribution in [0.15, 0.2) is 67.6 Å². The van der Waals surface area contributed by atoms with Crippen molar-refractivity contribution in [2.75, 3.05) is 17.6 Å². The van der Waals surface area contributed by atoms with E-state index in [1.165, 1.54) is 12.4 Å². The zero-order valence-corrected chi connectivity index (χ0v) is 19.4. The van der Waals surface area contributed by atoms with E-state index < -0.39 is 0 Å². The molecule has 36 heavy (non-hydrogen) atoms. The molecule has 2 bridgehead atoms. The van der Waals surface area contributed by atoms with Gasteiger partial charge < -0.3 is 16.0 Å². The van der Waals surface area contributed by atoms with Crippen LogP contribution in [0.2, 0.25) is 0 Å². The van der Waals surface area contributed by atoms with Crippen molar-refractivity contribution >= 4 is 34.5 Å². The van der Waals surface area contributed by atoms with E-state index in [1.54, 1.807) is 30.5 Å². The highest BCUT2D eigenvalue weighted by molar-refractivity contribution is 6.04. The molecule has 0 spiro atoms. The number of piperidine rings is 1. The highest BCUT2D eigenvalue weighted by Gasteiger charge is 2.48. The van der Waals surface area contributed by atoms with Crippen LogP contribution >= 0.6 is 0 Å². The number of amides is 2. The number of hydrogen-bond acceptors (Lipinski definition) is 7. The molecule has 3 N–H and O–H groups in total. The van der Waals surface area contributed by atoms with Crippen molar-refractivity contribution in [3.63, 3.8) is 0 Å². The highest BCUT2D eigenvalue weighted by Crippen LogP contribution is 2.46. The summed E-state index contributed by atoms with van der Waals surface area (Å²) in [5.74, 6) is 0.921. The van der Waals surface area contributed by atoms with E-state index in [0.29, 0.717) is 39.8 Å². The minimum absolute atomic E-state index is 0.0124. The molecule has 1 aliphatic heterocycles. The number of fused-ring (bicyclic) bond motifs is 3. The molecule has 4 aromatic rings. The predicted molar refractivity (Wildman–Crippen MR) is 135 cm³/mol. The van der Waals surface area contributed by atoms with Crippen molar-refractivity contribution in [1.29, 1.82) is 0 Å². The Bertz CT molecular complexity index is 1480.